The second kappa shape index (κ2) is 5.65. The molecule has 0 radical (unpaired) electrons. The standard InChI is InChI=1S/C10H18N2O2/c1-4-5-6-13-10-7-9(14-11-10)8-12(2)3/h7H,4-6,8H2,1-3H3. The van der Waals surface area contributed by atoms with Crippen LogP contribution in [-0.4, -0.2) is 30.8 Å². The molecule has 0 saturated carbocycles. The minimum absolute atomic E-state index is 0.593. The maximum Gasteiger partial charge on any atom is 0.254 e. The molecule has 1 aromatic rings. The molecular formula is C10H18N2O2. The van der Waals surface area contributed by atoms with Crippen LogP contribution < -0.4 is 4.74 Å². The fraction of sp³-hybridized carbons (Fsp3) is 0.700. The molecule has 0 aliphatic heterocycles. The number of nitrogens with zero attached hydrogens (tertiary/aromatic N) is 2. The summed E-state index contributed by atoms with van der Waals surface area (Å²) in [4.78, 5) is 2.02. The van der Waals surface area contributed by atoms with Crippen LogP contribution in [0.4, 0.5) is 0 Å². The highest BCUT2D eigenvalue weighted by Crippen LogP contribution is 2.12. The molecule has 1 heterocycles. The minimum atomic E-state index is 0.593. The predicted octanol–water partition coefficient (Wildman–Crippen LogP) is 1.92. The van der Waals surface area contributed by atoms with Crippen molar-refractivity contribution >= 4 is 0 Å². The van der Waals surface area contributed by atoms with Gasteiger partial charge in [0.2, 0.25) is 0 Å². The summed E-state index contributed by atoms with van der Waals surface area (Å²) in [7, 11) is 3.97. The number of hydrogen-bond donors (Lipinski definition) is 0. The SMILES string of the molecule is CCCCOc1cc(CN(C)C)on1. The Hall–Kier alpha value is -1.03. The molecule has 0 fully saturated rings. The Morgan fingerprint density at radius 2 is 2.29 bits per heavy atom. The summed E-state index contributed by atoms with van der Waals surface area (Å²) in [5, 5.41) is 3.82. The largest absolute Gasteiger partial charge is 0.476 e. The van der Waals surface area contributed by atoms with E-state index < -0.39 is 0 Å². The maximum absolute atomic E-state index is 5.39. The second-order valence-electron chi connectivity index (χ2n) is 3.57. The van der Waals surface area contributed by atoms with E-state index in [2.05, 4.69) is 12.1 Å². The summed E-state index contributed by atoms with van der Waals surface area (Å²) in [6, 6.07) is 1.84. The number of rotatable bonds is 6. The van der Waals surface area contributed by atoms with Crippen LogP contribution in [0.25, 0.3) is 0 Å². The first-order chi connectivity index (χ1) is 6.72. The molecular weight excluding hydrogens is 180 g/mol. The zero-order chi connectivity index (χ0) is 10.4. The van der Waals surface area contributed by atoms with Crippen LogP contribution in [0.5, 0.6) is 5.88 Å². The van der Waals surface area contributed by atoms with E-state index in [9.17, 15) is 0 Å². The third kappa shape index (κ3) is 3.79. The summed E-state index contributed by atoms with van der Waals surface area (Å²) in [6.45, 7) is 3.60. The van der Waals surface area contributed by atoms with Gasteiger partial charge >= 0.3 is 0 Å². The average molecular weight is 198 g/mol. The quantitative estimate of drug-likeness (QED) is 0.654. The number of unbranched alkanes of at least 4 members (excludes halogenated alkanes) is 1. The summed E-state index contributed by atoms with van der Waals surface area (Å²) >= 11 is 0. The van der Waals surface area contributed by atoms with Gasteiger partial charge in [-0.05, 0) is 25.7 Å². The Labute approximate surface area is 84.8 Å². The average Bonchev–Trinajstić information content (AvgIpc) is 2.52. The molecule has 1 rings (SSSR count). The van der Waals surface area contributed by atoms with Crippen LogP contribution >= 0.6 is 0 Å². The lowest BCUT2D eigenvalue weighted by atomic mass is 10.4. The molecule has 0 spiro atoms. The van der Waals surface area contributed by atoms with Crippen molar-refractivity contribution in [2.75, 3.05) is 20.7 Å². The smallest absolute Gasteiger partial charge is 0.254 e. The van der Waals surface area contributed by atoms with Gasteiger partial charge in [-0.15, -0.1) is 0 Å². The lowest BCUT2D eigenvalue weighted by molar-refractivity contribution is 0.262. The highest BCUT2D eigenvalue weighted by Gasteiger charge is 2.05. The van der Waals surface area contributed by atoms with Gasteiger partial charge in [0.15, 0.2) is 5.76 Å². The zero-order valence-electron chi connectivity index (χ0n) is 9.12. The van der Waals surface area contributed by atoms with Gasteiger partial charge < -0.3 is 14.2 Å². The van der Waals surface area contributed by atoms with E-state index in [1.807, 2.05) is 25.1 Å². The van der Waals surface area contributed by atoms with Gasteiger partial charge in [-0.25, -0.2) is 0 Å². The van der Waals surface area contributed by atoms with Crippen LogP contribution in [0.1, 0.15) is 25.5 Å². The van der Waals surface area contributed by atoms with Gasteiger partial charge in [0.1, 0.15) is 0 Å². The van der Waals surface area contributed by atoms with Gasteiger partial charge in [-0.1, -0.05) is 13.3 Å². The van der Waals surface area contributed by atoms with Crippen molar-refractivity contribution in [3.05, 3.63) is 11.8 Å². The lowest BCUT2D eigenvalue weighted by Crippen LogP contribution is -2.09. The molecule has 0 aromatic carbocycles. The summed E-state index contributed by atoms with van der Waals surface area (Å²) in [5.74, 6) is 1.43. The van der Waals surface area contributed by atoms with Crippen molar-refractivity contribution in [2.24, 2.45) is 0 Å². The van der Waals surface area contributed by atoms with Crippen LogP contribution in [0, 0.1) is 0 Å². The summed E-state index contributed by atoms with van der Waals surface area (Å²) < 4.78 is 10.5. The fourth-order valence-corrected chi connectivity index (χ4v) is 1.07. The Morgan fingerprint density at radius 1 is 1.50 bits per heavy atom. The molecule has 0 saturated heterocycles. The van der Waals surface area contributed by atoms with Crippen LogP contribution in [0.2, 0.25) is 0 Å². The monoisotopic (exact) mass is 198 g/mol. The van der Waals surface area contributed by atoms with Gasteiger partial charge in [0.25, 0.3) is 5.88 Å². The first-order valence-electron chi connectivity index (χ1n) is 4.95. The molecule has 0 N–H and O–H groups in total. The molecule has 80 valence electrons. The van der Waals surface area contributed by atoms with Crippen molar-refractivity contribution < 1.29 is 9.26 Å². The van der Waals surface area contributed by atoms with Gasteiger partial charge in [0.05, 0.1) is 13.2 Å². The molecule has 0 aliphatic carbocycles. The van der Waals surface area contributed by atoms with E-state index in [-0.39, 0.29) is 0 Å². The number of hydrogen-bond acceptors (Lipinski definition) is 4. The molecule has 1 aromatic heterocycles. The Morgan fingerprint density at radius 3 is 2.93 bits per heavy atom. The molecule has 0 amide bonds. The van der Waals surface area contributed by atoms with Crippen molar-refractivity contribution in [1.29, 1.82) is 0 Å². The highest BCUT2D eigenvalue weighted by atomic mass is 16.5. The van der Waals surface area contributed by atoms with Gasteiger partial charge in [-0.3, -0.25) is 0 Å². The lowest BCUT2D eigenvalue weighted by Gasteiger charge is -2.03. The zero-order valence-corrected chi connectivity index (χ0v) is 9.12. The topological polar surface area (TPSA) is 38.5 Å². The molecule has 0 unspecified atom stereocenters. The normalized spacial score (nSPS) is 10.9. The van der Waals surface area contributed by atoms with Crippen molar-refractivity contribution in [2.45, 2.75) is 26.3 Å². The van der Waals surface area contributed by atoms with E-state index >= 15 is 0 Å². The highest BCUT2D eigenvalue weighted by molar-refractivity contribution is 5.10. The van der Waals surface area contributed by atoms with E-state index in [0.29, 0.717) is 12.5 Å². The Balaban J connectivity index is 2.35. The minimum Gasteiger partial charge on any atom is -0.476 e. The molecule has 4 nitrogen and oxygen atoms in total. The van der Waals surface area contributed by atoms with Crippen molar-refractivity contribution in [3.8, 4) is 5.88 Å². The number of ether oxygens (including phenoxy) is 1. The number of aromatic nitrogens is 1. The van der Waals surface area contributed by atoms with Gasteiger partial charge in [-0.2, -0.15) is 0 Å². The summed E-state index contributed by atoms with van der Waals surface area (Å²) in [6.07, 6.45) is 2.18. The van der Waals surface area contributed by atoms with E-state index in [4.69, 9.17) is 9.26 Å². The molecule has 0 bridgehead atoms. The van der Waals surface area contributed by atoms with Crippen LogP contribution in [0.3, 0.4) is 0 Å². The second-order valence-corrected chi connectivity index (χ2v) is 3.57. The van der Waals surface area contributed by atoms with Crippen molar-refractivity contribution in [3.63, 3.8) is 0 Å². The third-order valence-corrected chi connectivity index (χ3v) is 1.76. The van der Waals surface area contributed by atoms with E-state index in [1.165, 1.54) is 0 Å². The van der Waals surface area contributed by atoms with E-state index in [0.717, 1.165) is 25.1 Å². The first kappa shape index (κ1) is 11.0. The molecule has 14 heavy (non-hydrogen) atoms. The fourth-order valence-electron chi connectivity index (χ4n) is 1.07. The summed E-state index contributed by atoms with van der Waals surface area (Å²) in [5.41, 5.74) is 0. The molecule has 0 aliphatic rings. The molecule has 4 heteroatoms. The maximum atomic E-state index is 5.39. The Kier molecular flexibility index (Phi) is 4.46. The van der Waals surface area contributed by atoms with Crippen LogP contribution in [-0.2, 0) is 6.54 Å². The third-order valence-electron chi connectivity index (χ3n) is 1.76. The molecule has 0 atom stereocenters. The van der Waals surface area contributed by atoms with Crippen molar-refractivity contribution in [1.82, 2.24) is 10.1 Å². The first-order valence-corrected chi connectivity index (χ1v) is 4.95. The predicted molar refractivity (Wildman–Crippen MR) is 54.3 cm³/mol. The van der Waals surface area contributed by atoms with Crippen LogP contribution in [0.15, 0.2) is 10.6 Å². The van der Waals surface area contributed by atoms with Gasteiger partial charge in [0, 0.05) is 6.07 Å². The Bertz CT molecular complexity index is 258. The van der Waals surface area contributed by atoms with E-state index in [1.54, 1.807) is 0 Å².